The summed E-state index contributed by atoms with van der Waals surface area (Å²) in [5.74, 6) is -0.852. The second-order valence-corrected chi connectivity index (χ2v) is 9.89. The van der Waals surface area contributed by atoms with Crippen LogP contribution >= 0.6 is 23.1 Å². The molecule has 5 rings (SSSR count). The molecular formula is C21H17FN4O3S2. The Bertz CT molecular complexity index is 1310. The number of benzene rings is 1. The highest BCUT2D eigenvalue weighted by atomic mass is 32.2. The summed E-state index contributed by atoms with van der Waals surface area (Å²) in [6, 6.07) is 4.54. The van der Waals surface area contributed by atoms with Crippen LogP contribution in [0.3, 0.4) is 0 Å². The van der Waals surface area contributed by atoms with Crippen molar-refractivity contribution in [3.05, 3.63) is 58.9 Å². The summed E-state index contributed by atoms with van der Waals surface area (Å²) in [6.07, 6.45) is 7.22. The summed E-state index contributed by atoms with van der Waals surface area (Å²) >= 11 is 2.62. The zero-order valence-electron chi connectivity index (χ0n) is 16.2. The molecule has 1 aliphatic rings. The van der Waals surface area contributed by atoms with Crippen LogP contribution in [0.5, 0.6) is 0 Å². The number of Topliss-reactive ketones (excluding diaryl/α,β-unsaturated/α-hetero) is 1. The topological polar surface area (TPSA) is 101 Å². The summed E-state index contributed by atoms with van der Waals surface area (Å²) in [4.78, 5) is 35.1. The van der Waals surface area contributed by atoms with E-state index in [-0.39, 0.29) is 23.7 Å². The van der Waals surface area contributed by atoms with Gasteiger partial charge >= 0.3 is 5.97 Å². The number of carboxylic acid groups (broad SMARTS) is 1. The smallest absolute Gasteiger partial charge is 0.353 e. The molecule has 3 aromatic heterocycles. The normalized spacial score (nSPS) is 13.7. The van der Waals surface area contributed by atoms with Crippen LogP contribution in [0.1, 0.15) is 38.7 Å². The maximum absolute atomic E-state index is 13.8. The Hall–Kier alpha value is -2.98. The number of aromatic carboxylic acids is 1. The van der Waals surface area contributed by atoms with E-state index in [1.807, 2.05) is 10.8 Å². The van der Waals surface area contributed by atoms with Crippen molar-refractivity contribution in [2.45, 2.75) is 35.2 Å². The largest absolute Gasteiger partial charge is 0.477 e. The Morgan fingerprint density at radius 3 is 2.87 bits per heavy atom. The number of carbonyl (C=O) groups excluding carboxylic acids is 1. The van der Waals surface area contributed by atoms with Crippen molar-refractivity contribution < 1.29 is 19.1 Å². The van der Waals surface area contributed by atoms with Gasteiger partial charge in [-0.05, 0) is 48.7 Å². The van der Waals surface area contributed by atoms with Gasteiger partial charge in [0.25, 0.3) is 0 Å². The van der Waals surface area contributed by atoms with E-state index < -0.39 is 5.97 Å². The number of fused-ring (bicyclic) bond motifs is 1. The van der Waals surface area contributed by atoms with Gasteiger partial charge in [0, 0.05) is 23.7 Å². The van der Waals surface area contributed by atoms with E-state index >= 15 is 0 Å². The Morgan fingerprint density at radius 2 is 2.13 bits per heavy atom. The monoisotopic (exact) mass is 456 g/mol. The van der Waals surface area contributed by atoms with Crippen molar-refractivity contribution in [1.29, 1.82) is 0 Å². The summed E-state index contributed by atoms with van der Waals surface area (Å²) in [5, 5.41) is 10.8. The van der Waals surface area contributed by atoms with Gasteiger partial charge in [-0.25, -0.2) is 19.2 Å². The maximum atomic E-state index is 13.8. The van der Waals surface area contributed by atoms with E-state index in [4.69, 9.17) is 5.11 Å². The molecule has 0 spiro atoms. The standard InChI is InChI=1S/C21H17FN4O3S2/c22-12-3-4-13-14(10-26(16(13)5-12)9-11-1-2-11)17(27)6-18-23-8-19(30-18)31-21-24-7-15(25-21)20(28)29/h3-5,7-8,10-11H,1-2,6,9H2,(H,24,25)(H,28,29). The number of aromatic nitrogens is 4. The molecular weight excluding hydrogens is 439 g/mol. The summed E-state index contributed by atoms with van der Waals surface area (Å²) in [7, 11) is 0. The van der Waals surface area contributed by atoms with Crippen molar-refractivity contribution in [3.63, 3.8) is 0 Å². The van der Waals surface area contributed by atoms with Gasteiger partial charge in [0.1, 0.15) is 16.5 Å². The molecule has 1 saturated carbocycles. The summed E-state index contributed by atoms with van der Waals surface area (Å²) < 4.78 is 16.6. The van der Waals surface area contributed by atoms with Crippen LogP contribution in [0.15, 0.2) is 46.2 Å². The second kappa shape index (κ2) is 7.93. The predicted molar refractivity (Wildman–Crippen MR) is 114 cm³/mol. The van der Waals surface area contributed by atoms with Gasteiger partial charge in [0.15, 0.2) is 10.9 Å². The molecule has 0 amide bonds. The van der Waals surface area contributed by atoms with Crippen LogP contribution in [0.25, 0.3) is 10.9 Å². The van der Waals surface area contributed by atoms with E-state index in [1.165, 1.54) is 54.3 Å². The van der Waals surface area contributed by atoms with Crippen LogP contribution in [-0.4, -0.2) is 36.4 Å². The molecule has 31 heavy (non-hydrogen) atoms. The van der Waals surface area contributed by atoms with E-state index in [2.05, 4.69) is 15.0 Å². The fourth-order valence-electron chi connectivity index (χ4n) is 3.43. The number of hydrogen-bond acceptors (Lipinski definition) is 6. The third kappa shape index (κ3) is 4.26. The number of nitrogens with zero attached hydrogens (tertiary/aromatic N) is 3. The lowest BCUT2D eigenvalue weighted by Crippen LogP contribution is -2.03. The molecule has 2 N–H and O–H groups in total. The van der Waals surface area contributed by atoms with Gasteiger partial charge in [0.2, 0.25) is 0 Å². The average Bonchev–Trinajstić information content (AvgIpc) is 3.11. The van der Waals surface area contributed by atoms with Crippen molar-refractivity contribution in [2.24, 2.45) is 5.92 Å². The van der Waals surface area contributed by atoms with Gasteiger partial charge in [-0.2, -0.15) is 0 Å². The first-order valence-electron chi connectivity index (χ1n) is 9.68. The van der Waals surface area contributed by atoms with Gasteiger partial charge in [-0.15, -0.1) is 11.3 Å². The summed E-state index contributed by atoms with van der Waals surface area (Å²) in [6.45, 7) is 0.798. The van der Waals surface area contributed by atoms with Crippen molar-refractivity contribution in [3.8, 4) is 0 Å². The SMILES string of the molecule is O=C(O)c1cnc(Sc2cnc(CC(=O)c3cn(CC4CC4)c4cc(F)ccc34)s2)[nH]1. The first-order valence-corrected chi connectivity index (χ1v) is 11.3. The molecule has 3 heterocycles. The lowest BCUT2D eigenvalue weighted by molar-refractivity contribution is 0.0690. The number of H-pyrrole nitrogens is 1. The highest BCUT2D eigenvalue weighted by Gasteiger charge is 2.24. The zero-order chi connectivity index (χ0) is 21.5. The third-order valence-electron chi connectivity index (χ3n) is 5.12. The van der Waals surface area contributed by atoms with E-state index in [0.717, 1.165) is 21.7 Å². The summed E-state index contributed by atoms with van der Waals surface area (Å²) in [5.41, 5.74) is 1.34. The lowest BCUT2D eigenvalue weighted by Gasteiger charge is -2.03. The molecule has 4 aromatic rings. The van der Waals surface area contributed by atoms with E-state index in [0.29, 0.717) is 21.6 Å². The van der Waals surface area contributed by atoms with Gasteiger partial charge in [-0.3, -0.25) is 4.79 Å². The Kier molecular flexibility index (Phi) is 5.11. The Morgan fingerprint density at radius 1 is 1.29 bits per heavy atom. The van der Waals surface area contributed by atoms with Crippen molar-refractivity contribution >= 4 is 45.8 Å². The number of nitrogens with one attached hydrogen (secondary N) is 1. The number of thiazole rings is 1. The molecule has 0 radical (unpaired) electrons. The quantitative estimate of drug-likeness (QED) is 0.375. The number of rotatable bonds is 8. The van der Waals surface area contributed by atoms with Crippen LogP contribution in [0, 0.1) is 11.7 Å². The molecule has 1 aliphatic carbocycles. The number of halogens is 1. The van der Waals surface area contributed by atoms with Crippen molar-refractivity contribution in [1.82, 2.24) is 19.5 Å². The molecule has 7 nitrogen and oxygen atoms in total. The van der Waals surface area contributed by atoms with Crippen LogP contribution in [0.2, 0.25) is 0 Å². The molecule has 0 saturated heterocycles. The second-order valence-electron chi connectivity index (χ2n) is 7.48. The highest BCUT2D eigenvalue weighted by Crippen LogP contribution is 2.34. The Balaban J connectivity index is 1.34. The van der Waals surface area contributed by atoms with Crippen LogP contribution < -0.4 is 0 Å². The van der Waals surface area contributed by atoms with Crippen LogP contribution in [-0.2, 0) is 13.0 Å². The Labute approximate surface area is 184 Å². The number of carbonyl (C=O) groups is 2. The maximum Gasteiger partial charge on any atom is 0.353 e. The number of carboxylic acids is 1. The first kappa shape index (κ1) is 20.0. The van der Waals surface area contributed by atoms with Crippen molar-refractivity contribution in [2.75, 3.05) is 0 Å². The lowest BCUT2D eigenvalue weighted by atomic mass is 10.1. The molecule has 1 fully saturated rings. The fraction of sp³-hybridized carbons (Fsp3) is 0.238. The number of hydrogen-bond donors (Lipinski definition) is 2. The van der Waals surface area contributed by atoms with E-state index in [1.54, 1.807) is 12.3 Å². The third-order valence-corrected chi connectivity index (χ3v) is 7.12. The van der Waals surface area contributed by atoms with Gasteiger partial charge in [-0.1, -0.05) is 0 Å². The minimum Gasteiger partial charge on any atom is -0.477 e. The minimum absolute atomic E-state index is 0.0152. The molecule has 10 heteroatoms. The van der Waals surface area contributed by atoms with E-state index in [9.17, 15) is 14.0 Å². The predicted octanol–water partition coefficient (Wildman–Crippen LogP) is 4.64. The zero-order valence-corrected chi connectivity index (χ0v) is 17.8. The number of ketones is 1. The fourth-order valence-corrected chi connectivity index (χ4v) is 5.33. The molecule has 0 atom stereocenters. The molecule has 1 aromatic carbocycles. The van der Waals surface area contributed by atoms with Gasteiger partial charge in [0.05, 0.1) is 28.5 Å². The number of aromatic amines is 1. The van der Waals surface area contributed by atoms with Gasteiger partial charge < -0.3 is 14.7 Å². The minimum atomic E-state index is -1.07. The molecule has 158 valence electrons. The first-order chi connectivity index (χ1) is 15.0. The highest BCUT2D eigenvalue weighted by molar-refractivity contribution is 8.01. The molecule has 0 unspecified atom stereocenters. The molecule has 0 bridgehead atoms. The van der Waals surface area contributed by atoms with Crippen LogP contribution in [0.4, 0.5) is 4.39 Å². The number of imidazole rings is 1. The molecule has 0 aliphatic heterocycles. The average molecular weight is 457 g/mol.